The Balaban J connectivity index is 2.28. The number of benzene rings is 1. The number of hydrogen-bond acceptors (Lipinski definition) is 2. The molecule has 0 radical (unpaired) electrons. The fourth-order valence-corrected chi connectivity index (χ4v) is 1.61. The number of aryl methyl sites for hydroxylation is 1. The van der Waals surface area contributed by atoms with Gasteiger partial charge in [-0.2, -0.15) is 0 Å². The molecule has 0 N–H and O–H groups in total. The highest BCUT2D eigenvalue weighted by atomic mass is 14.8. The fraction of sp³-hybridized carbons (Fsp3) is 0.286. The van der Waals surface area contributed by atoms with Gasteiger partial charge in [0.15, 0.2) is 0 Å². The third kappa shape index (κ3) is 2.45. The van der Waals surface area contributed by atoms with Crippen molar-refractivity contribution in [2.75, 3.05) is 0 Å². The minimum Gasteiger partial charge on any atom is -0.264 e. The average Bonchev–Trinajstić information content (AvgIpc) is 2.55. The highest BCUT2D eigenvalue weighted by Crippen LogP contribution is 2.11. The average molecular weight is 212 g/mol. The highest BCUT2D eigenvalue weighted by Gasteiger charge is 2.04. The van der Waals surface area contributed by atoms with E-state index >= 15 is 0 Å². The third-order valence-corrected chi connectivity index (χ3v) is 2.66. The maximum atomic E-state index is 4.50. The molecule has 0 amide bonds. The summed E-state index contributed by atoms with van der Waals surface area (Å²) in [6.45, 7) is 4.19. The first kappa shape index (κ1) is 10.8. The van der Waals surface area contributed by atoms with Crippen LogP contribution in [0.15, 0.2) is 46.1 Å². The van der Waals surface area contributed by atoms with Gasteiger partial charge in [-0.1, -0.05) is 36.8 Å². The molecule has 1 aliphatic heterocycles. The molecule has 2 nitrogen and oxygen atoms in total. The molecule has 0 unspecified atom stereocenters. The van der Waals surface area contributed by atoms with E-state index in [4.69, 9.17) is 0 Å². The van der Waals surface area contributed by atoms with Gasteiger partial charge in [0, 0.05) is 18.8 Å². The number of hydrogen-bond donors (Lipinski definition) is 0. The first-order chi connectivity index (χ1) is 7.79. The molecule has 1 aliphatic rings. The Bertz CT molecular complexity index is 450. The van der Waals surface area contributed by atoms with E-state index < -0.39 is 0 Å². The quantitative estimate of drug-likeness (QED) is 0.716. The lowest BCUT2D eigenvalue weighted by Crippen LogP contribution is -2.00. The summed E-state index contributed by atoms with van der Waals surface area (Å²) in [5.41, 5.74) is 4.59. The number of aliphatic imine (C=N–C) groups is 2. The van der Waals surface area contributed by atoms with Gasteiger partial charge in [0.05, 0.1) is 11.4 Å². The molecule has 0 atom stereocenters. The zero-order valence-electron chi connectivity index (χ0n) is 9.77. The zero-order valence-corrected chi connectivity index (χ0v) is 9.77. The van der Waals surface area contributed by atoms with E-state index in [9.17, 15) is 0 Å². The minimum absolute atomic E-state index is 0.809. The topological polar surface area (TPSA) is 24.7 Å². The van der Waals surface area contributed by atoms with Crippen molar-refractivity contribution in [1.29, 1.82) is 0 Å². The lowest BCUT2D eigenvalue weighted by Gasteiger charge is -2.02. The maximum Gasteiger partial charge on any atom is 0.0579 e. The number of allylic oxidation sites excluding steroid dienone is 1. The van der Waals surface area contributed by atoms with Gasteiger partial charge in [-0.3, -0.25) is 9.98 Å². The van der Waals surface area contributed by atoms with Gasteiger partial charge < -0.3 is 0 Å². The third-order valence-electron chi connectivity index (χ3n) is 2.66. The molecule has 16 heavy (non-hydrogen) atoms. The molecule has 0 fully saturated rings. The van der Waals surface area contributed by atoms with Crippen LogP contribution in [0.25, 0.3) is 0 Å². The maximum absolute atomic E-state index is 4.50. The van der Waals surface area contributed by atoms with Crippen molar-refractivity contribution in [3.63, 3.8) is 0 Å². The summed E-state index contributed by atoms with van der Waals surface area (Å²) in [5, 5.41) is 0. The van der Waals surface area contributed by atoms with E-state index in [1.165, 1.54) is 11.1 Å². The van der Waals surface area contributed by atoms with E-state index in [2.05, 4.69) is 48.1 Å². The van der Waals surface area contributed by atoms with Crippen LogP contribution in [0.5, 0.6) is 0 Å². The summed E-state index contributed by atoms with van der Waals surface area (Å²) in [4.78, 5) is 8.86. The van der Waals surface area contributed by atoms with Gasteiger partial charge in [-0.25, -0.2) is 0 Å². The molecule has 0 saturated carbocycles. The van der Waals surface area contributed by atoms with E-state index in [1.807, 2.05) is 12.4 Å². The van der Waals surface area contributed by atoms with Crippen LogP contribution in [-0.4, -0.2) is 11.9 Å². The van der Waals surface area contributed by atoms with E-state index in [0.29, 0.717) is 0 Å². The van der Waals surface area contributed by atoms with Gasteiger partial charge >= 0.3 is 0 Å². The SMILES string of the molecule is CCC1=CN=C(c2ccc(C)cc2)CC=N1. The summed E-state index contributed by atoms with van der Waals surface area (Å²) < 4.78 is 0. The Morgan fingerprint density at radius 1 is 1.19 bits per heavy atom. The van der Waals surface area contributed by atoms with E-state index in [0.717, 1.165) is 24.3 Å². The van der Waals surface area contributed by atoms with Crippen molar-refractivity contribution in [2.45, 2.75) is 26.7 Å². The Kier molecular flexibility index (Phi) is 3.30. The van der Waals surface area contributed by atoms with Crippen LogP contribution in [0, 0.1) is 6.92 Å². The predicted octanol–water partition coefficient (Wildman–Crippen LogP) is 3.51. The van der Waals surface area contributed by atoms with Gasteiger partial charge in [-0.05, 0) is 18.9 Å². The summed E-state index contributed by atoms with van der Waals surface area (Å²) in [6, 6.07) is 8.47. The molecule has 0 aromatic heterocycles. The molecule has 2 heteroatoms. The molecular weight excluding hydrogens is 196 g/mol. The van der Waals surface area contributed by atoms with Crippen molar-refractivity contribution in [3.8, 4) is 0 Å². The first-order valence-corrected chi connectivity index (χ1v) is 5.65. The molecule has 1 heterocycles. The second kappa shape index (κ2) is 4.88. The standard InChI is InChI=1S/C14H16N2/c1-3-13-10-16-14(8-9-15-13)12-6-4-11(2)5-7-12/h4-7,9-10H,3,8H2,1-2H3. The van der Waals surface area contributed by atoms with E-state index in [-0.39, 0.29) is 0 Å². The van der Waals surface area contributed by atoms with Crippen molar-refractivity contribution < 1.29 is 0 Å². The van der Waals surface area contributed by atoms with Gasteiger partial charge in [0.1, 0.15) is 0 Å². The predicted molar refractivity (Wildman–Crippen MR) is 69.2 cm³/mol. The molecule has 0 saturated heterocycles. The van der Waals surface area contributed by atoms with Crippen molar-refractivity contribution in [1.82, 2.24) is 0 Å². The van der Waals surface area contributed by atoms with Crippen LogP contribution in [0.1, 0.15) is 30.9 Å². The fourth-order valence-electron chi connectivity index (χ4n) is 1.61. The lowest BCUT2D eigenvalue weighted by atomic mass is 10.1. The lowest BCUT2D eigenvalue weighted by molar-refractivity contribution is 1.06. The summed E-state index contributed by atoms with van der Waals surface area (Å²) in [6.07, 6.45) is 5.56. The largest absolute Gasteiger partial charge is 0.264 e. The molecule has 2 rings (SSSR count). The normalized spacial score (nSPS) is 15.4. The monoisotopic (exact) mass is 212 g/mol. The first-order valence-electron chi connectivity index (χ1n) is 5.65. The molecule has 1 aromatic rings. The molecule has 0 aliphatic carbocycles. The minimum atomic E-state index is 0.809. The Morgan fingerprint density at radius 3 is 2.62 bits per heavy atom. The smallest absolute Gasteiger partial charge is 0.0579 e. The molecular formula is C14H16N2. The summed E-state index contributed by atoms with van der Waals surface area (Å²) in [5.74, 6) is 0. The molecule has 82 valence electrons. The van der Waals surface area contributed by atoms with Crippen LogP contribution in [0.4, 0.5) is 0 Å². The Morgan fingerprint density at radius 2 is 1.94 bits per heavy atom. The van der Waals surface area contributed by atoms with Crippen molar-refractivity contribution >= 4 is 11.9 Å². The van der Waals surface area contributed by atoms with Crippen molar-refractivity contribution in [2.24, 2.45) is 9.98 Å². The van der Waals surface area contributed by atoms with Crippen LogP contribution in [0.2, 0.25) is 0 Å². The number of rotatable bonds is 2. The van der Waals surface area contributed by atoms with Gasteiger partial charge in [0.25, 0.3) is 0 Å². The second-order valence-corrected chi connectivity index (χ2v) is 3.93. The van der Waals surface area contributed by atoms with Crippen molar-refractivity contribution in [3.05, 3.63) is 47.3 Å². The van der Waals surface area contributed by atoms with Crippen LogP contribution in [0.3, 0.4) is 0 Å². The summed E-state index contributed by atoms with van der Waals surface area (Å²) >= 11 is 0. The van der Waals surface area contributed by atoms with Crippen LogP contribution >= 0.6 is 0 Å². The van der Waals surface area contributed by atoms with Crippen LogP contribution in [-0.2, 0) is 0 Å². The molecule has 1 aromatic carbocycles. The Hall–Kier alpha value is -1.70. The number of nitrogens with zero attached hydrogens (tertiary/aromatic N) is 2. The van der Waals surface area contributed by atoms with Crippen LogP contribution < -0.4 is 0 Å². The second-order valence-electron chi connectivity index (χ2n) is 3.93. The highest BCUT2D eigenvalue weighted by molar-refractivity contribution is 6.08. The Labute approximate surface area is 96.4 Å². The van der Waals surface area contributed by atoms with E-state index in [1.54, 1.807) is 0 Å². The summed E-state index contributed by atoms with van der Waals surface area (Å²) in [7, 11) is 0. The zero-order chi connectivity index (χ0) is 11.4. The van der Waals surface area contributed by atoms with Gasteiger partial charge in [0.2, 0.25) is 0 Å². The molecule has 0 bridgehead atoms. The van der Waals surface area contributed by atoms with Gasteiger partial charge in [-0.15, -0.1) is 0 Å². The molecule has 0 spiro atoms.